The number of ether oxygens (including phenoxy) is 1. The van der Waals surface area contributed by atoms with E-state index in [-0.39, 0.29) is 11.7 Å². The lowest BCUT2D eigenvalue weighted by atomic mass is 10.1. The lowest BCUT2D eigenvalue weighted by Crippen LogP contribution is -2.14. The summed E-state index contributed by atoms with van der Waals surface area (Å²) >= 11 is 1.26. The third-order valence-corrected chi connectivity index (χ3v) is 6.38. The van der Waals surface area contributed by atoms with Crippen LogP contribution >= 0.6 is 11.8 Å². The first-order valence-corrected chi connectivity index (χ1v) is 11.5. The highest BCUT2D eigenvalue weighted by atomic mass is 32.2. The van der Waals surface area contributed by atoms with E-state index in [1.54, 1.807) is 11.8 Å². The Kier molecular flexibility index (Phi) is 5.70. The molecule has 0 spiro atoms. The van der Waals surface area contributed by atoms with Gasteiger partial charge in [0.1, 0.15) is 11.4 Å². The first-order chi connectivity index (χ1) is 16.2. The monoisotopic (exact) mass is 458 g/mol. The molecule has 0 bridgehead atoms. The van der Waals surface area contributed by atoms with Crippen LogP contribution in [0.2, 0.25) is 0 Å². The molecule has 33 heavy (non-hydrogen) atoms. The van der Waals surface area contributed by atoms with Crippen molar-refractivity contribution in [1.29, 1.82) is 0 Å². The predicted molar refractivity (Wildman–Crippen MR) is 130 cm³/mol. The van der Waals surface area contributed by atoms with Crippen molar-refractivity contribution < 1.29 is 9.53 Å². The van der Waals surface area contributed by atoms with Gasteiger partial charge in [-0.05, 0) is 53.7 Å². The first kappa shape index (κ1) is 21.0. The van der Waals surface area contributed by atoms with Crippen LogP contribution in [-0.2, 0) is 11.3 Å². The number of nitrogens with one attached hydrogen (secondary N) is 1. The lowest BCUT2D eigenvalue weighted by molar-refractivity contribution is -0.113. The fourth-order valence-electron chi connectivity index (χ4n) is 4.02. The molecule has 5 rings (SSSR count). The second-order valence-electron chi connectivity index (χ2n) is 7.38. The molecule has 2 aromatic heterocycles. The number of benzene rings is 3. The predicted octanol–water partition coefficient (Wildman–Crippen LogP) is 4.53. The maximum atomic E-state index is 12.7. The van der Waals surface area contributed by atoms with Gasteiger partial charge in [0.15, 0.2) is 0 Å². The molecular weight excluding hydrogens is 436 g/mol. The zero-order valence-electron chi connectivity index (χ0n) is 18.2. The van der Waals surface area contributed by atoms with E-state index in [1.807, 2.05) is 48.5 Å². The van der Waals surface area contributed by atoms with E-state index in [4.69, 9.17) is 4.74 Å². The van der Waals surface area contributed by atoms with E-state index in [0.29, 0.717) is 16.6 Å². The Labute approximate surface area is 194 Å². The van der Waals surface area contributed by atoms with Gasteiger partial charge in [-0.1, -0.05) is 42.1 Å². The van der Waals surface area contributed by atoms with Crippen molar-refractivity contribution in [3.8, 4) is 11.4 Å². The number of para-hydroxylation sites is 3. The highest BCUT2D eigenvalue weighted by Crippen LogP contribution is 2.31. The molecule has 5 aromatic rings. The Morgan fingerprint density at radius 3 is 2.67 bits per heavy atom. The molecule has 0 saturated carbocycles. The van der Waals surface area contributed by atoms with Crippen LogP contribution in [0.5, 0.6) is 5.75 Å². The van der Waals surface area contributed by atoms with Crippen LogP contribution in [-0.4, -0.2) is 43.5 Å². The fraction of sp³-hybridized carbons (Fsp3) is 0.167. The smallest absolute Gasteiger partial charge is 0.234 e. The van der Waals surface area contributed by atoms with Gasteiger partial charge in [-0.3, -0.25) is 4.79 Å². The summed E-state index contributed by atoms with van der Waals surface area (Å²) in [7, 11) is 1.60. The molecule has 8 nitrogen and oxygen atoms in total. The molecule has 1 amide bonds. The number of methoxy groups -OCH3 is 1. The molecule has 3 aromatic carbocycles. The van der Waals surface area contributed by atoms with Crippen molar-refractivity contribution in [1.82, 2.24) is 24.8 Å². The number of aryl methyl sites for hydroxylation is 1. The van der Waals surface area contributed by atoms with E-state index >= 15 is 0 Å². The highest BCUT2D eigenvalue weighted by Gasteiger charge is 2.15. The van der Waals surface area contributed by atoms with E-state index in [2.05, 4.69) is 50.5 Å². The number of anilines is 1. The van der Waals surface area contributed by atoms with Crippen LogP contribution in [0.1, 0.15) is 6.92 Å². The number of aromatic nitrogens is 5. The molecule has 0 radical (unpaired) electrons. The topological polar surface area (TPSA) is 86.9 Å². The van der Waals surface area contributed by atoms with E-state index in [0.717, 1.165) is 23.1 Å². The Balaban J connectivity index is 1.34. The molecular formula is C24H22N6O2S. The Bertz CT molecular complexity index is 1460. The van der Waals surface area contributed by atoms with E-state index in [1.165, 1.54) is 22.7 Å². The lowest BCUT2D eigenvalue weighted by Gasteiger charge is -2.09. The average Bonchev–Trinajstić information content (AvgIpc) is 3.44. The number of carbonyl (C=O) groups excluding carboxylic acids is 1. The van der Waals surface area contributed by atoms with Gasteiger partial charge in [0.2, 0.25) is 11.1 Å². The summed E-state index contributed by atoms with van der Waals surface area (Å²) in [6, 6.07) is 21.8. The van der Waals surface area contributed by atoms with Gasteiger partial charge < -0.3 is 14.6 Å². The third kappa shape index (κ3) is 3.91. The van der Waals surface area contributed by atoms with Gasteiger partial charge in [-0.2, -0.15) is 4.68 Å². The van der Waals surface area contributed by atoms with Crippen molar-refractivity contribution in [2.24, 2.45) is 0 Å². The van der Waals surface area contributed by atoms with Gasteiger partial charge in [-0.25, -0.2) is 0 Å². The quantitative estimate of drug-likeness (QED) is 0.361. The van der Waals surface area contributed by atoms with Gasteiger partial charge in [0, 0.05) is 34.0 Å². The molecule has 0 saturated heterocycles. The number of tetrazole rings is 1. The summed E-state index contributed by atoms with van der Waals surface area (Å²) in [4.78, 5) is 12.7. The SMILES string of the molecule is CCn1c2ccccc2c2cc(NC(=O)CSc3nnnn3-c3ccccc3OC)ccc21. The minimum atomic E-state index is -0.131. The molecule has 0 aliphatic carbocycles. The van der Waals surface area contributed by atoms with Crippen LogP contribution in [0.15, 0.2) is 71.9 Å². The molecule has 0 aliphatic rings. The van der Waals surface area contributed by atoms with E-state index in [9.17, 15) is 4.79 Å². The summed E-state index contributed by atoms with van der Waals surface area (Å²) in [5.41, 5.74) is 3.82. The van der Waals surface area contributed by atoms with Crippen LogP contribution in [0.4, 0.5) is 5.69 Å². The number of carbonyl (C=O) groups is 1. The summed E-state index contributed by atoms with van der Waals surface area (Å²) in [6.45, 7) is 3.02. The number of hydrogen-bond acceptors (Lipinski definition) is 6. The highest BCUT2D eigenvalue weighted by molar-refractivity contribution is 7.99. The third-order valence-electron chi connectivity index (χ3n) is 5.46. The molecule has 0 fully saturated rings. The average molecular weight is 459 g/mol. The van der Waals surface area contributed by atoms with Gasteiger partial charge in [-0.15, -0.1) is 5.10 Å². The summed E-state index contributed by atoms with van der Waals surface area (Å²) < 4.78 is 9.25. The van der Waals surface area contributed by atoms with Crippen LogP contribution in [0.3, 0.4) is 0 Å². The standard InChI is InChI=1S/C24H22N6O2S/c1-3-29-19-9-5-4-8-17(19)18-14-16(12-13-20(18)29)25-23(31)15-33-24-26-27-28-30(24)21-10-6-7-11-22(21)32-2/h4-14H,3,15H2,1-2H3,(H,25,31). The van der Waals surface area contributed by atoms with Crippen molar-refractivity contribution in [3.63, 3.8) is 0 Å². The normalized spacial score (nSPS) is 11.2. The van der Waals surface area contributed by atoms with Crippen molar-refractivity contribution in [2.45, 2.75) is 18.6 Å². The summed E-state index contributed by atoms with van der Waals surface area (Å²) in [5.74, 6) is 0.688. The fourth-order valence-corrected chi connectivity index (χ4v) is 4.71. The molecule has 0 atom stereocenters. The van der Waals surface area contributed by atoms with Crippen LogP contribution < -0.4 is 10.1 Å². The number of nitrogens with zero attached hydrogens (tertiary/aromatic N) is 5. The molecule has 1 N–H and O–H groups in total. The number of rotatable bonds is 7. The summed E-state index contributed by atoms with van der Waals surface area (Å²) in [5, 5.41) is 17.7. The number of thioether (sulfide) groups is 1. The number of fused-ring (bicyclic) bond motifs is 3. The van der Waals surface area contributed by atoms with Crippen molar-refractivity contribution in [3.05, 3.63) is 66.7 Å². The summed E-state index contributed by atoms with van der Waals surface area (Å²) in [6.07, 6.45) is 0. The maximum absolute atomic E-state index is 12.7. The minimum Gasteiger partial charge on any atom is -0.494 e. The van der Waals surface area contributed by atoms with Gasteiger partial charge in [0.05, 0.1) is 12.9 Å². The zero-order chi connectivity index (χ0) is 22.8. The molecule has 9 heteroatoms. The molecule has 166 valence electrons. The van der Waals surface area contributed by atoms with Crippen LogP contribution in [0.25, 0.3) is 27.5 Å². The number of amides is 1. The Hall–Kier alpha value is -3.85. The second-order valence-corrected chi connectivity index (χ2v) is 8.32. The number of hydrogen-bond donors (Lipinski definition) is 1. The van der Waals surface area contributed by atoms with Crippen molar-refractivity contribution >= 4 is 45.2 Å². The minimum absolute atomic E-state index is 0.131. The van der Waals surface area contributed by atoms with Crippen molar-refractivity contribution in [2.75, 3.05) is 18.2 Å². The van der Waals surface area contributed by atoms with Crippen LogP contribution in [0, 0.1) is 0 Å². The molecule has 0 aliphatic heterocycles. The first-order valence-electron chi connectivity index (χ1n) is 10.5. The second kappa shape index (κ2) is 8.95. The largest absolute Gasteiger partial charge is 0.494 e. The maximum Gasteiger partial charge on any atom is 0.234 e. The Morgan fingerprint density at radius 2 is 1.82 bits per heavy atom. The molecule has 2 heterocycles. The zero-order valence-corrected chi connectivity index (χ0v) is 19.0. The Morgan fingerprint density at radius 1 is 1.03 bits per heavy atom. The van der Waals surface area contributed by atoms with E-state index < -0.39 is 0 Å². The van der Waals surface area contributed by atoms with Gasteiger partial charge >= 0.3 is 0 Å². The molecule has 0 unspecified atom stereocenters. The van der Waals surface area contributed by atoms with Gasteiger partial charge in [0.25, 0.3) is 0 Å².